The summed E-state index contributed by atoms with van der Waals surface area (Å²) in [6, 6.07) is 15.3. The number of sulfonamides is 1. The highest BCUT2D eigenvalue weighted by atomic mass is 32.2. The smallest absolute Gasteiger partial charge is 0.406 e. The van der Waals surface area contributed by atoms with Crippen LogP contribution in [0, 0.1) is 5.82 Å². The Morgan fingerprint density at radius 3 is 2.29 bits per heavy atom. The van der Waals surface area contributed by atoms with Crippen molar-refractivity contribution in [3.63, 3.8) is 0 Å². The van der Waals surface area contributed by atoms with Crippen LogP contribution in [0.1, 0.15) is 29.7 Å². The van der Waals surface area contributed by atoms with Crippen LogP contribution < -0.4 is 9.88 Å². The van der Waals surface area contributed by atoms with Crippen LogP contribution in [0.5, 0.6) is 5.75 Å². The average molecular weight is 510 g/mol. The van der Waals surface area contributed by atoms with Gasteiger partial charge in [-0.25, -0.2) is 17.9 Å². The lowest BCUT2D eigenvalue weighted by atomic mass is 9.70. The largest absolute Gasteiger partial charge is 0.573 e. The number of primary sulfonamides is 1. The number of nitrogens with zero attached hydrogens (tertiary/aromatic N) is 2. The molecule has 0 unspecified atom stereocenters. The van der Waals surface area contributed by atoms with Crippen LogP contribution in [-0.4, -0.2) is 37.8 Å². The van der Waals surface area contributed by atoms with Gasteiger partial charge in [0, 0.05) is 12.0 Å². The number of likely N-dealkylation sites (tertiary alicyclic amines) is 1. The summed E-state index contributed by atoms with van der Waals surface area (Å²) in [5.41, 5.74) is 0.339. The van der Waals surface area contributed by atoms with Crippen molar-refractivity contribution in [2.75, 3.05) is 13.1 Å². The number of benzene rings is 2. The molecule has 0 bridgehead atoms. The third-order valence-electron chi connectivity index (χ3n) is 6.18. The molecule has 1 aliphatic heterocycles. The lowest BCUT2D eigenvalue weighted by Crippen LogP contribution is -2.44. The highest BCUT2D eigenvalue weighted by Gasteiger charge is 2.43. The zero-order valence-electron chi connectivity index (χ0n) is 18.5. The topological polar surface area (TPSA) is 85.5 Å². The van der Waals surface area contributed by atoms with E-state index in [0.29, 0.717) is 38.2 Å². The van der Waals surface area contributed by atoms with Crippen molar-refractivity contribution in [2.24, 2.45) is 5.14 Å². The van der Waals surface area contributed by atoms with Gasteiger partial charge in [0.25, 0.3) is 0 Å². The molecule has 11 heteroatoms. The molecule has 1 aliphatic rings. The molecule has 2 aromatic carbocycles. The van der Waals surface area contributed by atoms with Gasteiger partial charge in [0.05, 0.1) is 16.8 Å². The second-order valence-electron chi connectivity index (χ2n) is 8.46. The Labute approximate surface area is 200 Å². The summed E-state index contributed by atoms with van der Waals surface area (Å²) in [4.78, 5) is 6.03. The van der Waals surface area contributed by atoms with Crippen molar-refractivity contribution in [3.8, 4) is 5.75 Å². The van der Waals surface area contributed by atoms with Gasteiger partial charge in [-0.1, -0.05) is 30.3 Å². The van der Waals surface area contributed by atoms with Crippen LogP contribution in [0.2, 0.25) is 0 Å². The summed E-state index contributed by atoms with van der Waals surface area (Å²) in [6.45, 7) is 1.62. The third kappa shape index (κ3) is 5.80. The minimum Gasteiger partial charge on any atom is -0.406 e. The van der Waals surface area contributed by atoms with Gasteiger partial charge < -0.3 is 4.74 Å². The number of pyridine rings is 1. The SMILES string of the molecule is NS(=O)(=O)c1ccc(OC(F)(F)F)cc1C1(c2ccc(F)cn2)CCN(Cc2ccccc2)CC1. The average Bonchev–Trinajstić information content (AvgIpc) is 2.79. The summed E-state index contributed by atoms with van der Waals surface area (Å²) >= 11 is 0. The molecule has 0 saturated carbocycles. The first kappa shape index (κ1) is 25.1. The van der Waals surface area contributed by atoms with Gasteiger partial charge >= 0.3 is 6.36 Å². The van der Waals surface area contributed by atoms with E-state index in [1.165, 1.54) is 12.1 Å². The van der Waals surface area contributed by atoms with Crippen molar-refractivity contribution >= 4 is 10.0 Å². The number of ether oxygens (including phenoxy) is 1. The second-order valence-corrected chi connectivity index (χ2v) is 9.99. The van der Waals surface area contributed by atoms with Crippen LogP contribution in [0.4, 0.5) is 17.6 Å². The van der Waals surface area contributed by atoms with Crippen LogP contribution in [0.15, 0.2) is 71.8 Å². The van der Waals surface area contributed by atoms with Crippen molar-refractivity contribution in [3.05, 3.63) is 89.5 Å². The third-order valence-corrected chi connectivity index (χ3v) is 7.15. The molecular weight excluding hydrogens is 486 g/mol. The molecule has 0 spiro atoms. The van der Waals surface area contributed by atoms with Gasteiger partial charge in [0.15, 0.2) is 0 Å². The van der Waals surface area contributed by atoms with Gasteiger partial charge in [-0.2, -0.15) is 0 Å². The standard InChI is InChI=1S/C24H23F4N3O3S/c25-18-6-9-22(30-15-18)23(10-12-31(13-11-23)16-17-4-2-1-3-5-17)20-14-19(34-24(26,27)28)7-8-21(20)35(29,32)33/h1-9,14-15H,10-13,16H2,(H2,29,32,33). The minimum absolute atomic E-state index is 0.0419. The number of hydrogen-bond acceptors (Lipinski definition) is 5. The monoisotopic (exact) mass is 509 g/mol. The number of rotatable bonds is 6. The Kier molecular flexibility index (Phi) is 6.85. The molecule has 6 nitrogen and oxygen atoms in total. The number of alkyl halides is 3. The lowest BCUT2D eigenvalue weighted by molar-refractivity contribution is -0.274. The first-order chi connectivity index (χ1) is 16.5. The lowest BCUT2D eigenvalue weighted by Gasteiger charge is -2.42. The molecule has 0 amide bonds. The second kappa shape index (κ2) is 9.56. The molecule has 35 heavy (non-hydrogen) atoms. The predicted octanol–water partition coefficient (Wildman–Crippen LogP) is 4.35. The maximum Gasteiger partial charge on any atom is 0.573 e. The van der Waals surface area contributed by atoms with Crippen molar-refractivity contribution in [2.45, 2.75) is 36.1 Å². The fraction of sp³-hybridized carbons (Fsp3) is 0.292. The Morgan fingerprint density at radius 2 is 1.71 bits per heavy atom. The van der Waals surface area contributed by atoms with Crippen LogP contribution in [-0.2, 0) is 22.0 Å². The Balaban J connectivity index is 1.79. The van der Waals surface area contributed by atoms with Gasteiger partial charge in [-0.05, 0) is 67.4 Å². The summed E-state index contributed by atoms with van der Waals surface area (Å²) in [7, 11) is -4.31. The van der Waals surface area contributed by atoms with Crippen LogP contribution in [0.25, 0.3) is 0 Å². The quantitative estimate of drug-likeness (QED) is 0.500. The minimum atomic E-state index is -4.97. The Bertz CT molecular complexity index is 1280. The molecule has 0 atom stereocenters. The summed E-state index contributed by atoms with van der Waals surface area (Å²) in [6.07, 6.45) is -3.34. The fourth-order valence-corrected chi connectivity index (χ4v) is 5.40. The van der Waals surface area contributed by atoms with Crippen molar-refractivity contribution in [1.82, 2.24) is 9.88 Å². The number of hydrogen-bond donors (Lipinski definition) is 1. The van der Waals surface area contributed by atoms with Gasteiger partial charge in [0.2, 0.25) is 10.0 Å². The highest BCUT2D eigenvalue weighted by molar-refractivity contribution is 7.89. The van der Waals surface area contributed by atoms with Gasteiger partial charge in [-0.3, -0.25) is 9.88 Å². The van der Waals surface area contributed by atoms with E-state index in [2.05, 4.69) is 14.6 Å². The van der Waals surface area contributed by atoms with Gasteiger partial charge in [-0.15, -0.1) is 13.2 Å². The highest BCUT2D eigenvalue weighted by Crippen LogP contribution is 2.45. The summed E-state index contributed by atoms with van der Waals surface area (Å²) < 4.78 is 81.5. The van der Waals surface area contributed by atoms with Crippen molar-refractivity contribution < 1.29 is 30.7 Å². The molecule has 186 valence electrons. The predicted molar refractivity (Wildman–Crippen MR) is 120 cm³/mol. The molecule has 1 saturated heterocycles. The van der Waals surface area contributed by atoms with Crippen LogP contribution >= 0.6 is 0 Å². The summed E-state index contributed by atoms with van der Waals surface area (Å²) in [5, 5.41) is 5.45. The van der Waals surface area contributed by atoms with E-state index in [9.17, 15) is 26.0 Å². The number of halogens is 4. The van der Waals surface area contributed by atoms with E-state index in [1.54, 1.807) is 0 Å². The van der Waals surface area contributed by atoms with E-state index < -0.39 is 33.4 Å². The zero-order chi connectivity index (χ0) is 25.3. The molecule has 2 heterocycles. The molecule has 1 fully saturated rings. The van der Waals surface area contributed by atoms with Crippen molar-refractivity contribution in [1.29, 1.82) is 0 Å². The number of piperidine rings is 1. The fourth-order valence-electron chi connectivity index (χ4n) is 4.59. The molecule has 0 aliphatic carbocycles. The molecule has 2 N–H and O–H groups in total. The normalized spacial score (nSPS) is 16.7. The molecule has 4 rings (SSSR count). The van der Waals surface area contributed by atoms with Gasteiger partial charge in [0.1, 0.15) is 11.6 Å². The van der Waals surface area contributed by atoms with E-state index >= 15 is 0 Å². The summed E-state index contributed by atoms with van der Waals surface area (Å²) in [5.74, 6) is -1.17. The molecular formula is C24H23F4N3O3S. The maximum atomic E-state index is 13.7. The molecule has 3 aromatic rings. The zero-order valence-corrected chi connectivity index (χ0v) is 19.3. The number of aromatic nitrogens is 1. The first-order valence-electron chi connectivity index (χ1n) is 10.8. The van der Waals surface area contributed by atoms with Crippen LogP contribution in [0.3, 0.4) is 0 Å². The van der Waals surface area contributed by atoms with E-state index in [1.807, 2.05) is 30.3 Å². The first-order valence-corrected chi connectivity index (χ1v) is 12.3. The Hall–Kier alpha value is -3.02. The Morgan fingerprint density at radius 1 is 1.03 bits per heavy atom. The van der Waals surface area contributed by atoms with E-state index in [-0.39, 0.29) is 10.5 Å². The molecule has 0 radical (unpaired) electrons. The maximum absolute atomic E-state index is 13.7. The van der Waals surface area contributed by atoms with E-state index in [4.69, 9.17) is 5.14 Å². The number of nitrogens with two attached hydrogens (primary N) is 1. The molecule has 1 aromatic heterocycles. The van der Waals surface area contributed by atoms with E-state index in [0.717, 1.165) is 30.0 Å².